The van der Waals surface area contributed by atoms with Gasteiger partial charge in [0.25, 0.3) is 5.91 Å². The van der Waals surface area contributed by atoms with Crippen LogP contribution in [0.3, 0.4) is 0 Å². The summed E-state index contributed by atoms with van der Waals surface area (Å²) in [6, 6.07) is 5.35. The number of carbonyl (C=O) groups excluding carboxylic acids is 1. The number of ether oxygens (including phenoxy) is 1. The minimum atomic E-state index is -1.05. The van der Waals surface area contributed by atoms with Crippen LogP contribution in [0.25, 0.3) is 10.9 Å². The summed E-state index contributed by atoms with van der Waals surface area (Å²) in [5.41, 5.74) is 2.64. The maximum Gasteiger partial charge on any atom is 0.352 e. The number of hydrogen-bond donors (Lipinski definition) is 4. The highest BCUT2D eigenvalue weighted by molar-refractivity contribution is 5.98. The van der Waals surface area contributed by atoms with Crippen LogP contribution in [-0.2, 0) is 16.1 Å². The molecule has 0 spiro atoms. The summed E-state index contributed by atoms with van der Waals surface area (Å²) in [5.74, 6) is 3.65. The Kier molecular flexibility index (Phi) is 7.77. The fourth-order valence-corrected chi connectivity index (χ4v) is 9.24. The zero-order chi connectivity index (χ0) is 31.3. The highest BCUT2D eigenvalue weighted by atomic mass is 16.6. The van der Waals surface area contributed by atoms with E-state index >= 15 is 0 Å². The van der Waals surface area contributed by atoms with Gasteiger partial charge in [-0.3, -0.25) is 4.79 Å². The minimum Gasteiger partial charge on any atom is -0.497 e. The maximum atomic E-state index is 12.5. The Hall–Kier alpha value is -3.77. The third kappa shape index (κ3) is 4.88. The third-order valence-corrected chi connectivity index (χ3v) is 11.8. The van der Waals surface area contributed by atoms with Gasteiger partial charge >= 0.3 is 5.97 Å². The van der Waals surface area contributed by atoms with Crippen molar-refractivity contribution in [3.05, 3.63) is 41.1 Å². The van der Waals surface area contributed by atoms with Crippen LogP contribution in [0.1, 0.15) is 81.3 Å². The monoisotopic (exact) mass is 601 g/mol. The average Bonchev–Trinajstić information content (AvgIpc) is 3.51. The summed E-state index contributed by atoms with van der Waals surface area (Å²) in [5, 5.41) is 28.8. The summed E-state index contributed by atoms with van der Waals surface area (Å²) >= 11 is 0. The normalized spacial score (nSPS) is 33.5. The lowest BCUT2D eigenvalue weighted by Crippen LogP contribution is -2.54. The van der Waals surface area contributed by atoms with Gasteiger partial charge in [0.15, 0.2) is 6.61 Å². The van der Waals surface area contributed by atoms with Gasteiger partial charge in [-0.25, -0.2) is 4.79 Å². The van der Waals surface area contributed by atoms with Crippen molar-refractivity contribution in [3.8, 4) is 18.1 Å². The summed E-state index contributed by atoms with van der Waals surface area (Å²) < 4.78 is 5.29. The summed E-state index contributed by atoms with van der Waals surface area (Å²) in [4.78, 5) is 32.7. The van der Waals surface area contributed by atoms with E-state index in [1.165, 1.54) is 5.57 Å². The van der Waals surface area contributed by atoms with Gasteiger partial charge in [0.2, 0.25) is 0 Å². The summed E-state index contributed by atoms with van der Waals surface area (Å²) in [6.45, 7) is 4.68. The first-order valence-electron chi connectivity index (χ1n) is 15.8. The van der Waals surface area contributed by atoms with Crippen molar-refractivity contribution < 1.29 is 29.4 Å². The number of aromatic carboxylic acids is 1. The fourth-order valence-electron chi connectivity index (χ4n) is 9.24. The van der Waals surface area contributed by atoms with E-state index in [2.05, 4.69) is 41.3 Å². The molecule has 1 aromatic carbocycles. The first kappa shape index (κ1) is 30.3. The van der Waals surface area contributed by atoms with E-state index in [1.807, 2.05) is 0 Å². The van der Waals surface area contributed by atoms with E-state index in [-0.39, 0.29) is 35.6 Å². The van der Waals surface area contributed by atoms with Gasteiger partial charge in [-0.15, -0.1) is 6.42 Å². The number of hydrogen-bond acceptors (Lipinski definition) is 6. The highest BCUT2D eigenvalue weighted by Gasteiger charge is 2.63. The number of allylic oxidation sites excluding steroid dienone is 2. The summed E-state index contributed by atoms with van der Waals surface area (Å²) in [6.07, 6.45) is 16.0. The van der Waals surface area contributed by atoms with Crippen molar-refractivity contribution in [2.24, 2.45) is 33.7 Å². The smallest absolute Gasteiger partial charge is 0.352 e. The lowest BCUT2D eigenvalue weighted by Gasteiger charge is -2.58. The van der Waals surface area contributed by atoms with Crippen LogP contribution in [0.15, 0.2) is 35.0 Å². The lowest BCUT2D eigenvalue weighted by atomic mass is 9.46. The zero-order valence-electron chi connectivity index (χ0n) is 25.9. The van der Waals surface area contributed by atoms with Crippen molar-refractivity contribution >= 4 is 28.5 Å². The van der Waals surface area contributed by atoms with Crippen molar-refractivity contribution in [2.45, 2.75) is 77.2 Å². The van der Waals surface area contributed by atoms with Crippen LogP contribution in [0, 0.1) is 40.9 Å². The molecule has 9 nitrogen and oxygen atoms in total. The first-order chi connectivity index (χ1) is 21.0. The lowest BCUT2D eigenvalue weighted by molar-refractivity contribution is -0.125. The number of carboxylic acid groups (broad SMARTS) is 1. The molecular weight excluding hydrogens is 558 g/mol. The predicted octanol–water partition coefficient (Wildman–Crippen LogP) is 5.23. The van der Waals surface area contributed by atoms with Gasteiger partial charge in [-0.05, 0) is 111 Å². The highest BCUT2D eigenvalue weighted by Crippen LogP contribution is 2.67. The number of fused-ring (bicyclic) bond motifs is 6. The molecule has 2 aromatic rings. The molecule has 6 rings (SSSR count). The zero-order valence-corrected chi connectivity index (χ0v) is 25.9. The molecule has 0 aliphatic heterocycles. The number of aromatic amines is 1. The molecule has 3 saturated carbocycles. The van der Waals surface area contributed by atoms with Crippen LogP contribution in [-0.4, -0.2) is 58.6 Å². The van der Waals surface area contributed by atoms with E-state index in [1.54, 1.807) is 25.3 Å². The van der Waals surface area contributed by atoms with Crippen LogP contribution < -0.4 is 10.1 Å². The number of nitrogens with one attached hydrogen (secondary N) is 2. The van der Waals surface area contributed by atoms with Gasteiger partial charge in [-0.2, -0.15) is 0 Å². The summed E-state index contributed by atoms with van der Waals surface area (Å²) in [7, 11) is 1.56. The largest absolute Gasteiger partial charge is 0.497 e. The second-order valence-corrected chi connectivity index (χ2v) is 13.7. The van der Waals surface area contributed by atoms with Gasteiger partial charge in [0.1, 0.15) is 17.0 Å². The molecule has 1 aromatic heterocycles. The van der Waals surface area contributed by atoms with Gasteiger partial charge in [-0.1, -0.05) is 30.5 Å². The molecule has 234 valence electrons. The Balaban J connectivity index is 1.04. The SMILES string of the molecule is C#C[C@]1(O)CC[C@@H]2[C@@H]3CCC4=C/C(=N\OCC(=O)NCCc5c(C(=O)O)[nH]c6ccc(OC)cc56)CC[C@]4(C)[C@H]3CC[C@@]21C. The molecule has 0 saturated heterocycles. The van der Waals surface area contributed by atoms with E-state index in [9.17, 15) is 19.8 Å². The molecule has 0 radical (unpaired) electrons. The van der Waals surface area contributed by atoms with Crippen LogP contribution in [0.4, 0.5) is 0 Å². The van der Waals surface area contributed by atoms with Crippen LogP contribution >= 0.6 is 0 Å². The number of carbonyl (C=O) groups is 2. The minimum absolute atomic E-state index is 0.107. The number of nitrogens with zero attached hydrogens (tertiary/aromatic N) is 1. The Morgan fingerprint density at radius 1 is 1.16 bits per heavy atom. The average molecular weight is 602 g/mol. The molecule has 4 aliphatic rings. The molecule has 6 atom stereocenters. The standard InChI is InChI=1S/C35H43N3O6/c1-5-35(42)16-12-28-25-8-6-21-18-22(10-14-33(21,2)27(25)11-15-34(28,35)3)38-44-20-30(39)36-17-13-24-26-19-23(43-4)7-9-29(26)37-31(24)32(40)41/h1,7,9,18-19,25,27-28,37,42H,6,8,10-17,20H2,2-4H3,(H,36,39)(H,40,41)/b38-22-/t25-,27+,28-,33+,34+,35+/m1/s1. The number of benzene rings is 1. The Bertz CT molecular complexity index is 1580. The van der Waals surface area contributed by atoms with E-state index in [0.717, 1.165) is 56.0 Å². The van der Waals surface area contributed by atoms with Crippen LogP contribution in [0.5, 0.6) is 5.75 Å². The number of oxime groups is 1. The predicted molar refractivity (Wildman–Crippen MR) is 167 cm³/mol. The van der Waals surface area contributed by atoms with Gasteiger partial charge in [0.05, 0.1) is 12.8 Å². The molecule has 9 heteroatoms. The molecule has 1 amide bonds. The number of carboxylic acids is 1. The number of H-pyrrole nitrogens is 1. The number of rotatable bonds is 8. The molecule has 0 unspecified atom stereocenters. The van der Waals surface area contributed by atoms with Crippen molar-refractivity contribution in [3.63, 3.8) is 0 Å². The Morgan fingerprint density at radius 3 is 2.70 bits per heavy atom. The number of aromatic nitrogens is 1. The van der Waals surface area contributed by atoms with E-state index in [0.29, 0.717) is 47.4 Å². The fraction of sp³-hybridized carbons (Fsp3) is 0.571. The van der Waals surface area contributed by atoms with E-state index < -0.39 is 11.6 Å². The van der Waals surface area contributed by atoms with E-state index in [4.69, 9.17) is 16.0 Å². The van der Waals surface area contributed by atoms with Gasteiger partial charge < -0.3 is 30.1 Å². The molecule has 4 N–H and O–H groups in total. The number of aliphatic hydroxyl groups is 1. The first-order valence-corrected chi connectivity index (χ1v) is 15.8. The molecule has 0 bridgehead atoms. The van der Waals surface area contributed by atoms with Crippen molar-refractivity contribution in [1.82, 2.24) is 10.3 Å². The third-order valence-electron chi connectivity index (χ3n) is 11.8. The molecular formula is C35H43N3O6. The Morgan fingerprint density at radius 2 is 1.95 bits per heavy atom. The Labute approximate surface area is 258 Å². The van der Waals surface area contributed by atoms with Crippen molar-refractivity contribution in [2.75, 3.05) is 20.3 Å². The molecule has 1 heterocycles. The number of amides is 1. The molecule has 3 fully saturated rings. The second-order valence-electron chi connectivity index (χ2n) is 13.7. The molecule has 44 heavy (non-hydrogen) atoms. The number of terminal acetylenes is 1. The number of methoxy groups -OCH3 is 1. The molecule has 4 aliphatic carbocycles. The maximum absolute atomic E-state index is 12.5. The van der Waals surface area contributed by atoms with Crippen molar-refractivity contribution in [1.29, 1.82) is 0 Å². The van der Waals surface area contributed by atoms with Gasteiger partial charge in [0, 0.05) is 22.9 Å². The van der Waals surface area contributed by atoms with Crippen LogP contribution in [0.2, 0.25) is 0 Å². The second kappa shape index (κ2) is 11.3. The topological polar surface area (TPSA) is 133 Å². The quantitative estimate of drug-likeness (QED) is 0.242.